The second-order valence-corrected chi connectivity index (χ2v) is 3.59. The third-order valence-corrected chi connectivity index (χ3v) is 3.09. The molecule has 0 heterocycles. The van der Waals surface area contributed by atoms with Gasteiger partial charge in [-0.25, -0.2) is 0 Å². The van der Waals surface area contributed by atoms with E-state index in [2.05, 4.69) is 30.8 Å². The topological polar surface area (TPSA) is 38.3 Å². The molecular formula is C11H23NO2. The highest BCUT2D eigenvalue weighted by Gasteiger charge is 2.22. The summed E-state index contributed by atoms with van der Waals surface area (Å²) < 4.78 is 4.59. The molecule has 0 radical (unpaired) electrons. The molecule has 3 nitrogen and oxygen atoms in total. The maximum Gasteiger partial charge on any atom is 0.306 e. The predicted molar refractivity (Wildman–Crippen MR) is 58.2 cm³/mol. The Bertz CT molecular complexity index is 156. The van der Waals surface area contributed by atoms with Gasteiger partial charge in [0.05, 0.1) is 13.5 Å². The van der Waals surface area contributed by atoms with Gasteiger partial charge in [-0.1, -0.05) is 20.8 Å². The Hall–Kier alpha value is -0.570. The Morgan fingerprint density at radius 1 is 1.21 bits per heavy atom. The van der Waals surface area contributed by atoms with Gasteiger partial charge in [0, 0.05) is 12.1 Å². The summed E-state index contributed by atoms with van der Waals surface area (Å²) in [6.07, 6.45) is 3.75. The van der Waals surface area contributed by atoms with Gasteiger partial charge >= 0.3 is 5.97 Å². The van der Waals surface area contributed by atoms with Crippen LogP contribution in [0.4, 0.5) is 0 Å². The fraction of sp³-hybridized carbons (Fsp3) is 0.909. The standard InChI is InChI=1S/C11H23NO2/c1-5-11(6-2,7-3)12-9-8-10(13)14-4/h12H,5-9H2,1-4H3. The van der Waals surface area contributed by atoms with E-state index in [-0.39, 0.29) is 11.5 Å². The van der Waals surface area contributed by atoms with Gasteiger partial charge < -0.3 is 10.1 Å². The first-order chi connectivity index (χ1) is 6.64. The van der Waals surface area contributed by atoms with Crippen LogP contribution in [-0.4, -0.2) is 25.2 Å². The lowest BCUT2D eigenvalue weighted by Crippen LogP contribution is -2.44. The molecule has 0 amide bonds. The van der Waals surface area contributed by atoms with Crippen molar-refractivity contribution in [1.82, 2.24) is 5.32 Å². The largest absolute Gasteiger partial charge is 0.469 e. The zero-order valence-corrected chi connectivity index (χ0v) is 9.85. The molecule has 1 N–H and O–H groups in total. The van der Waals surface area contributed by atoms with E-state index in [4.69, 9.17) is 0 Å². The van der Waals surface area contributed by atoms with E-state index in [1.165, 1.54) is 7.11 Å². The fourth-order valence-electron chi connectivity index (χ4n) is 1.66. The lowest BCUT2D eigenvalue weighted by Gasteiger charge is -2.31. The van der Waals surface area contributed by atoms with Crippen molar-refractivity contribution in [1.29, 1.82) is 0 Å². The van der Waals surface area contributed by atoms with Gasteiger partial charge in [-0.2, -0.15) is 0 Å². The third-order valence-electron chi connectivity index (χ3n) is 3.09. The quantitative estimate of drug-likeness (QED) is 0.641. The second kappa shape index (κ2) is 6.82. The van der Waals surface area contributed by atoms with Crippen molar-refractivity contribution in [2.45, 2.75) is 52.0 Å². The van der Waals surface area contributed by atoms with Crippen molar-refractivity contribution >= 4 is 5.97 Å². The zero-order chi connectivity index (χ0) is 11.0. The number of methoxy groups -OCH3 is 1. The van der Waals surface area contributed by atoms with Crippen LogP contribution < -0.4 is 5.32 Å². The van der Waals surface area contributed by atoms with Crippen molar-refractivity contribution < 1.29 is 9.53 Å². The number of hydrogen-bond donors (Lipinski definition) is 1. The van der Waals surface area contributed by atoms with Crippen LogP contribution in [0, 0.1) is 0 Å². The van der Waals surface area contributed by atoms with Crippen LogP contribution in [0.5, 0.6) is 0 Å². The molecule has 3 heteroatoms. The highest BCUT2D eigenvalue weighted by molar-refractivity contribution is 5.69. The second-order valence-electron chi connectivity index (χ2n) is 3.59. The average Bonchev–Trinajstić information content (AvgIpc) is 2.25. The Morgan fingerprint density at radius 3 is 2.07 bits per heavy atom. The molecule has 0 rings (SSSR count). The molecule has 0 aliphatic rings. The molecule has 14 heavy (non-hydrogen) atoms. The normalized spacial score (nSPS) is 11.4. The molecule has 0 saturated carbocycles. The minimum atomic E-state index is -0.144. The highest BCUT2D eigenvalue weighted by atomic mass is 16.5. The van der Waals surface area contributed by atoms with E-state index in [1.807, 2.05) is 0 Å². The third kappa shape index (κ3) is 4.09. The molecule has 0 atom stereocenters. The monoisotopic (exact) mass is 201 g/mol. The van der Waals surface area contributed by atoms with E-state index in [0.29, 0.717) is 13.0 Å². The molecule has 0 aromatic heterocycles. The number of hydrogen-bond acceptors (Lipinski definition) is 3. The zero-order valence-electron chi connectivity index (χ0n) is 9.85. The Kier molecular flexibility index (Phi) is 6.54. The summed E-state index contributed by atoms with van der Waals surface area (Å²) in [5.41, 5.74) is 0.202. The Labute approximate surface area is 87.2 Å². The van der Waals surface area contributed by atoms with E-state index in [1.54, 1.807) is 0 Å². The van der Waals surface area contributed by atoms with Gasteiger partial charge in [0.25, 0.3) is 0 Å². The van der Waals surface area contributed by atoms with Gasteiger partial charge in [0.2, 0.25) is 0 Å². The lowest BCUT2D eigenvalue weighted by molar-refractivity contribution is -0.140. The first-order valence-corrected chi connectivity index (χ1v) is 5.46. The summed E-state index contributed by atoms with van der Waals surface area (Å²) in [6, 6.07) is 0. The Morgan fingerprint density at radius 2 is 1.71 bits per heavy atom. The van der Waals surface area contributed by atoms with Crippen LogP contribution in [0.3, 0.4) is 0 Å². The summed E-state index contributed by atoms with van der Waals surface area (Å²) in [7, 11) is 1.43. The first kappa shape index (κ1) is 13.4. The maximum absolute atomic E-state index is 10.9. The minimum Gasteiger partial charge on any atom is -0.469 e. The molecule has 0 bridgehead atoms. The van der Waals surface area contributed by atoms with Gasteiger partial charge in [0.1, 0.15) is 0 Å². The van der Waals surface area contributed by atoms with Gasteiger partial charge in [-0.15, -0.1) is 0 Å². The fourth-order valence-corrected chi connectivity index (χ4v) is 1.66. The van der Waals surface area contributed by atoms with Crippen LogP contribution in [0.15, 0.2) is 0 Å². The van der Waals surface area contributed by atoms with Crippen LogP contribution in [0.25, 0.3) is 0 Å². The molecular weight excluding hydrogens is 178 g/mol. The van der Waals surface area contributed by atoms with E-state index in [9.17, 15) is 4.79 Å². The summed E-state index contributed by atoms with van der Waals surface area (Å²) in [4.78, 5) is 10.9. The van der Waals surface area contributed by atoms with Crippen molar-refractivity contribution in [3.05, 3.63) is 0 Å². The average molecular weight is 201 g/mol. The summed E-state index contributed by atoms with van der Waals surface area (Å²) >= 11 is 0. The molecule has 0 aromatic rings. The smallest absolute Gasteiger partial charge is 0.306 e. The summed E-state index contributed by atoms with van der Waals surface area (Å²) in [5.74, 6) is -0.144. The van der Waals surface area contributed by atoms with Gasteiger partial charge in [-0.05, 0) is 19.3 Å². The van der Waals surface area contributed by atoms with E-state index < -0.39 is 0 Å². The molecule has 0 aromatic carbocycles. The van der Waals surface area contributed by atoms with E-state index in [0.717, 1.165) is 19.3 Å². The molecule has 0 aliphatic heterocycles. The first-order valence-electron chi connectivity index (χ1n) is 5.46. The maximum atomic E-state index is 10.9. The number of ether oxygens (including phenoxy) is 1. The lowest BCUT2D eigenvalue weighted by atomic mass is 9.90. The SMILES string of the molecule is CCC(CC)(CC)NCCC(=O)OC. The van der Waals surface area contributed by atoms with Crippen molar-refractivity contribution in [2.24, 2.45) is 0 Å². The van der Waals surface area contributed by atoms with Crippen molar-refractivity contribution in [3.63, 3.8) is 0 Å². The van der Waals surface area contributed by atoms with Crippen LogP contribution >= 0.6 is 0 Å². The molecule has 0 unspecified atom stereocenters. The Balaban J connectivity index is 3.88. The molecule has 0 fully saturated rings. The number of nitrogens with one attached hydrogen (secondary N) is 1. The molecule has 0 aliphatic carbocycles. The number of esters is 1. The van der Waals surface area contributed by atoms with Crippen LogP contribution in [0.2, 0.25) is 0 Å². The molecule has 0 saturated heterocycles. The van der Waals surface area contributed by atoms with Gasteiger partial charge in [0.15, 0.2) is 0 Å². The van der Waals surface area contributed by atoms with Gasteiger partial charge in [-0.3, -0.25) is 4.79 Å². The molecule has 0 spiro atoms. The highest BCUT2D eigenvalue weighted by Crippen LogP contribution is 2.18. The van der Waals surface area contributed by atoms with E-state index >= 15 is 0 Å². The van der Waals surface area contributed by atoms with Crippen molar-refractivity contribution in [2.75, 3.05) is 13.7 Å². The summed E-state index contributed by atoms with van der Waals surface area (Å²) in [6.45, 7) is 7.25. The van der Waals surface area contributed by atoms with Crippen molar-refractivity contribution in [3.8, 4) is 0 Å². The number of rotatable bonds is 7. The summed E-state index contributed by atoms with van der Waals surface area (Å²) in [5, 5.41) is 3.45. The molecule has 84 valence electrons. The number of carbonyl (C=O) groups is 1. The van der Waals surface area contributed by atoms with Crippen LogP contribution in [0.1, 0.15) is 46.5 Å². The predicted octanol–water partition coefficient (Wildman–Crippen LogP) is 2.11. The minimum absolute atomic E-state index is 0.144. The number of carbonyl (C=O) groups excluding carboxylic acids is 1. The van der Waals surface area contributed by atoms with Crippen LogP contribution in [-0.2, 0) is 9.53 Å².